The summed E-state index contributed by atoms with van der Waals surface area (Å²) in [5.74, 6) is -4.17. The lowest BCUT2D eigenvalue weighted by Gasteiger charge is -2.23. The number of carboxylic acid groups (broad SMARTS) is 1. The van der Waals surface area contributed by atoms with Crippen LogP contribution in [0.5, 0.6) is 5.75 Å². The first-order valence-corrected chi connectivity index (χ1v) is 8.40. The predicted octanol–water partition coefficient (Wildman–Crippen LogP) is 3.10. The zero-order valence-electron chi connectivity index (χ0n) is 15.0. The minimum atomic E-state index is -5.08. The third-order valence-electron chi connectivity index (χ3n) is 3.61. The number of esters is 1. The van der Waals surface area contributed by atoms with Crippen LogP contribution in [-0.2, 0) is 20.7 Å². The summed E-state index contributed by atoms with van der Waals surface area (Å²) in [6, 6.07) is 7.08. The third-order valence-corrected chi connectivity index (χ3v) is 3.61. The Balaban J connectivity index is 0.000000516. The van der Waals surface area contributed by atoms with E-state index in [1.165, 1.54) is 0 Å². The fraction of sp³-hybridized carbons (Fsp3) is 0.529. The van der Waals surface area contributed by atoms with Gasteiger partial charge in [-0.05, 0) is 43.6 Å². The molecular formula is C17H19F6NO5. The average molecular weight is 431 g/mol. The van der Waals surface area contributed by atoms with Crippen molar-refractivity contribution in [3.63, 3.8) is 0 Å². The number of carboxylic acids is 1. The summed E-state index contributed by atoms with van der Waals surface area (Å²) in [6.07, 6.45) is -7.69. The topological polar surface area (TPSA) is 84.9 Å². The SMILES string of the molecule is O=C(O)C(F)(F)F.O=C(OCCc1ccc(OC2CCNCC2)cc1)C(F)(F)F. The molecule has 0 atom stereocenters. The van der Waals surface area contributed by atoms with Crippen LogP contribution in [0.2, 0.25) is 0 Å². The van der Waals surface area contributed by atoms with Gasteiger partial charge in [-0.3, -0.25) is 0 Å². The van der Waals surface area contributed by atoms with Crippen molar-refractivity contribution in [2.75, 3.05) is 19.7 Å². The molecule has 0 radical (unpaired) electrons. The maximum absolute atomic E-state index is 12.0. The van der Waals surface area contributed by atoms with Crippen molar-refractivity contribution in [3.05, 3.63) is 29.8 Å². The van der Waals surface area contributed by atoms with E-state index in [1.807, 2.05) is 0 Å². The number of carbonyl (C=O) groups is 2. The molecule has 164 valence electrons. The van der Waals surface area contributed by atoms with E-state index >= 15 is 0 Å². The highest BCUT2D eigenvalue weighted by Gasteiger charge is 2.40. The Bertz CT molecular complexity index is 654. The van der Waals surface area contributed by atoms with Crippen LogP contribution in [0.4, 0.5) is 26.3 Å². The van der Waals surface area contributed by atoms with Gasteiger partial charge in [-0.1, -0.05) is 12.1 Å². The van der Waals surface area contributed by atoms with Crippen LogP contribution in [-0.4, -0.2) is 55.2 Å². The summed E-state index contributed by atoms with van der Waals surface area (Å²) < 4.78 is 77.6. The number of carbonyl (C=O) groups excluding carboxylic acids is 1. The molecule has 1 aliphatic heterocycles. The van der Waals surface area contributed by atoms with Crippen molar-refractivity contribution in [2.45, 2.75) is 37.7 Å². The van der Waals surface area contributed by atoms with Crippen molar-refractivity contribution in [2.24, 2.45) is 0 Å². The maximum atomic E-state index is 12.0. The molecule has 12 heteroatoms. The highest BCUT2D eigenvalue weighted by atomic mass is 19.4. The molecule has 0 amide bonds. The summed E-state index contributed by atoms with van der Waals surface area (Å²) in [4.78, 5) is 19.5. The summed E-state index contributed by atoms with van der Waals surface area (Å²) in [5, 5.41) is 10.4. The van der Waals surface area contributed by atoms with Gasteiger partial charge in [-0.15, -0.1) is 0 Å². The molecule has 0 aliphatic carbocycles. The van der Waals surface area contributed by atoms with Gasteiger partial charge in [0.1, 0.15) is 11.9 Å². The van der Waals surface area contributed by atoms with E-state index in [0.29, 0.717) is 0 Å². The molecule has 0 unspecified atom stereocenters. The highest BCUT2D eigenvalue weighted by Crippen LogP contribution is 2.19. The molecule has 29 heavy (non-hydrogen) atoms. The van der Waals surface area contributed by atoms with Crippen LogP contribution in [0.3, 0.4) is 0 Å². The molecule has 2 rings (SSSR count). The number of aliphatic carboxylic acids is 1. The third kappa shape index (κ3) is 10.0. The zero-order chi connectivity index (χ0) is 22.1. The van der Waals surface area contributed by atoms with E-state index < -0.39 is 24.3 Å². The van der Waals surface area contributed by atoms with Gasteiger partial charge in [0, 0.05) is 6.42 Å². The zero-order valence-corrected chi connectivity index (χ0v) is 15.0. The van der Waals surface area contributed by atoms with Gasteiger partial charge >= 0.3 is 24.3 Å². The Morgan fingerprint density at radius 3 is 1.97 bits per heavy atom. The van der Waals surface area contributed by atoms with Gasteiger partial charge < -0.3 is 19.9 Å². The molecule has 0 aromatic heterocycles. The van der Waals surface area contributed by atoms with Gasteiger partial charge in [0.2, 0.25) is 0 Å². The normalized spacial score (nSPS) is 15.1. The van der Waals surface area contributed by atoms with Gasteiger partial charge in [-0.25, -0.2) is 9.59 Å². The van der Waals surface area contributed by atoms with Crippen LogP contribution >= 0.6 is 0 Å². The van der Waals surface area contributed by atoms with E-state index in [9.17, 15) is 31.1 Å². The standard InChI is InChI=1S/C15H18F3NO3.C2HF3O2/c16-15(17,18)14(20)21-10-7-11-1-3-12(4-2-11)22-13-5-8-19-9-6-13;3-2(4,5)1(6)7/h1-4,13,19H,5-10H2;(H,6,7). The second-order valence-electron chi connectivity index (χ2n) is 5.90. The Hall–Kier alpha value is -2.50. The molecular weight excluding hydrogens is 412 g/mol. The Morgan fingerprint density at radius 2 is 1.52 bits per heavy atom. The van der Waals surface area contributed by atoms with Crippen LogP contribution in [0, 0.1) is 0 Å². The second kappa shape index (κ2) is 10.9. The number of piperidine rings is 1. The van der Waals surface area contributed by atoms with E-state index in [0.717, 1.165) is 37.2 Å². The molecule has 0 saturated carbocycles. The molecule has 1 aromatic rings. The van der Waals surface area contributed by atoms with Crippen LogP contribution in [0.1, 0.15) is 18.4 Å². The number of benzene rings is 1. The lowest BCUT2D eigenvalue weighted by atomic mass is 10.1. The van der Waals surface area contributed by atoms with E-state index in [-0.39, 0.29) is 19.1 Å². The number of hydrogen-bond donors (Lipinski definition) is 2. The van der Waals surface area contributed by atoms with E-state index in [1.54, 1.807) is 24.3 Å². The summed E-state index contributed by atoms with van der Waals surface area (Å²) in [6.45, 7) is 1.58. The van der Waals surface area contributed by atoms with E-state index in [2.05, 4.69) is 10.1 Å². The lowest BCUT2D eigenvalue weighted by Crippen LogP contribution is -2.34. The van der Waals surface area contributed by atoms with Crippen molar-refractivity contribution < 1.29 is 50.5 Å². The van der Waals surface area contributed by atoms with Gasteiger partial charge in [0.05, 0.1) is 6.61 Å². The number of hydrogen-bond acceptors (Lipinski definition) is 5. The first kappa shape index (κ1) is 24.5. The number of ether oxygens (including phenoxy) is 2. The molecule has 1 fully saturated rings. The number of halogens is 6. The fourth-order valence-corrected chi connectivity index (χ4v) is 2.18. The van der Waals surface area contributed by atoms with Crippen LogP contribution in [0.25, 0.3) is 0 Å². The Morgan fingerprint density at radius 1 is 1.00 bits per heavy atom. The lowest BCUT2D eigenvalue weighted by molar-refractivity contribution is -0.199. The smallest absolute Gasteiger partial charge is 0.490 e. The molecule has 6 nitrogen and oxygen atoms in total. The van der Waals surface area contributed by atoms with Crippen molar-refractivity contribution in [3.8, 4) is 5.75 Å². The van der Waals surface area contributed by atoms with Crippen molar-refractivity contribution in [1.82, 2.24) is 5.32 Å². The molecule has 0 spiro atoms. The molecule has 0 bridgehead atoms. The molecule has 1 saturated heterocycles. The average Bonchev–Trinajstić information content (AvgIpc) is 2.63. The summed E-state index contributed by atoms with van der Waals surface area (Å²) in [5.41, 5.74) is 0.785. The summed E-state index contributed by atoms with van der Waals surface area (Å²) >= 11 is 0. The van der Waals surface area contributed by atoms with Crippen LogP contribution < -0.4 is 10.1 Å². The van der Waals surface area contributed by atoms with E-state index in [4.69, 9.17) is 14.6 Å². The molecule has 1 heterocycles. The monoisotopic (exact) mass is 431 g/mol. The predicted molar refractivity (Wildman–Crippen MR) is 87.4 cm³/mol. The van der Waals surface area contributed by atoms with Gasteiger partial charge in [0.15, 0.2) is 0 Å². The maximum Gasteiger partial charge on any atom is 0.490 e. The van der Waals surface area contributed by atoms with Crippen molar-refractivity contribution in [1.29, 1.82) is 0 Å². The number of nitrogens with one attached hydrogen (secondary N) is 1. The quantitative estimate of drug-likeness (QED) is 0.551. The van der Waals surface area contributed by atoms with Crippen molar-refractivity contribution >= 4 is 11.9 Å². The van der Waals surface area contributed by atoms with Crippen LogP contribution in [0.15, 0.2) is 24.3 Å². The molecule has 1 aliphatic rings. The first-order valence-electron chi connectivity index (χ1n) is 8.40. The summed E-state index contributed by atoms with van der Waals surface area (Å²) in [7, 11) is 0. The first-order chi connectivity index (χ1) is 13.4. The number of alkyl halides is 6. The largest absolute Gasteiger partial charge is 0.490 e. The Kier molecular flexibility index (Phi) is 9.21. The highest BCUT2D eigenvalue weighted by molar-refractivity contribution is 5.75. The van der Waals surface area contributed by atoms with Gasteiger partial charge in [0.25, 0.3) is 0 Å². The minimum absolute atomic E-state index is 0.194. The fourth-order valence-electron chi connectivity index (χ4n) is 2.18. The minimum Gasteiger partial charge on any atom is -0.490 e. The second-order valence-corrected chi connectivity index (χ2v) is 5.90. The van der Waals surface area contributed by atoms with Gasteiger partial charge in [-0.2, -0.15) is 26.3 Å². The molecule has 1 aromatic carbocycles. The number of rotatable bonds is 5. The Labute approximate surface area is 161 Å². The molecule has 2 N–H and O–H groups in total.